The van der Waals surface area contributed by atoms with Crippen molar-refractivity contribution in [2.75, 3.05) is 5.32 Å². The first-order valence-corrected chi connectivity index (χ1v) is 12.3. The van der Waals surface area contributed by atoms with Gasteiger partial charge in [-0.1, -0.05) is 65.1 Å². The van der Waals surface area contributed by atoms with E-state index in [2.05, 4.69) is 10.7 Å². The first kappa shape index (κ1) is 25.9. The lowest BCUT2D eigenvalue weighted by atomic mass is 10.1. The maximum absolute atomic E-state index is 13.4. The third kappa shape index (κ3) is 5.96. The fourth-order valence-corrected chi connectivity index (χ4v) is 4.58. The SMILES string of the molecule is O=C(CC1C(=O)N(Cc2ccccc2)C(=S)N1NC(=O)c1ccc(Cl)cc1Cl)Nc1ccc(Cl)cc1. The minimum Gasteiger partial charge on any atom is -0.326 e. The minimum absolute atomic E-state index is 0.0616. The molecule has 0 saturated carbocycles. The van der Waals surface area contributed by atoms with Gasteiger partial charge in [0, 0.05) is 15.7 Å². The van der Waals surface area contributed by atoms with Crippen molar-refractivity contribution in [2.45, 2.75) is 19.0 Å². The zero-order valence-corrected chi connectivity index (χ0v) is 21.7. The molecule has 1 heterocycles. The molecular weight excluding hydrogens is 543 g/mol. The summed E-state index contributed by atoms with van der Waals surface area (Å²) in [5.74, 6) is -1.46. The van der Waals surface area contributed by atoms with E-state index in [1.54, 1.807) is 24.3 Å². The van der Waals surface area contributed by atoms with Crippen LogP contribution in [-0.2, 0) is 16.1 Å². The molecule has 0 bridgehead atoms. The minimum atomic E-state index is -1.07. The number of nitrogens with zero attached hydrogens (tertiary/aromatic N) is 2. The molecule has 0 radical (unpaired) electrons. The average molecular weight is 562 g/mol. The Hall–Kier alpha value is -3.17. The van der Waals surface area contributed by atoms with Gasteiger partial charge in [0.05, 0.1) is 23.6 Å². The van der Waals surface area contributed by atoms with Crippen molar-refractivity contribution >= 4 is 75.5 Å². The van der Waals surface area contributed by atoms with Crippen LogP contribution in [0.25, 0.3) is 0 Å². The Morgan fingerprint density at radius 2 is 1.58 bits per heavy atom. The second kappa shape index (κ2) is 11.3. The summed E-state index contributed by atoms with van der Waals surface area (Å²) < 4.78 is 0. The van der Waals surface area contributed by atoms with Crippen LogP contribution < -0.4 is 10.7 Å². The van der Waals surface area contributed by atoms with Crippen molar-refractivity contribution in [3.63, 3.8) is 0 Å². The zero-order chi connectivity index (χ0) is 25.8. The molecule has 36 heavy (non-hydrogen) atoms. The summed E-state index contributed by atoms with van der Waals surface area (Å²) in [4.78, 5) is 40.6. The Bertz CT molecular complexity index is 1320. The molecule has 1 aliphatic heterocycles. The maximum atomic E-state index is 13.4. The predicted octanol–water partition coefficient (Wildman–Crippen LogP) is 5.32. The summed E-state index contributed by atoms with van der Waals surface area (Å²) in [7, 11) is 0. The molecule has 2 N–H and O–H groups in total. The van der Waals surface area contributed by atoms with E-state index in [0.717, 1.165) is 5.56 Å². The molecule has 1 fully saturated rings. The van der Waals surface area contributed by atoms with Gasteiger partial charge in [0.1, 0.15) is 6.04 Å². The van der Waals surface area contributed by atoms with Crippen molar-refractivity contribution in [2.24, 2.45) is 0 Å². The van der Waals surface area contributed by atoms with Crippen molar-refractivity contribution < 1.29 is 14.4 Å². The predicted molar refractivity (Wildman–Crippen MR) is 144 cm³/mol. The summed E-state index contributed by atoms with van der Waals surface area (Å²) >= 11 is 23.6. The van der Waals surface area contributed by atoms with Crippen molar-refractivity contribution in [1.82, 2.24) is 15.3 Å². The van der Waals surface area contributed by atoms with E-state index < -0.39 is 23.8 Å². The smallest absolute Gasteiger partial charge is 0.271 e. The van der Waals surface area contributed by atoms with Crippen LogP contribution in [0.2, 0.25) is 15.1 Å². The Morgan fingerprint density at radius 1 is 0.917 bits per heavy atom. The van der Waals surface area contributed by atoms with Gasteiger partial charge in [-0.3, -0.25) is 24.7 Å². The normalized spacial score (nSPS) is 15.2. The van der Waals surface area contributed by atoms with Gasteiger partial charge in [-0.05, 0) is 60.2 Å². The first-order valence-electron chi connectivity index (χ1n) is 10.7. The number of amides is 3. The van der Waals surface area contributed by atoms with E-state index in [1.807, 2.05) is 30.3 Å². The zero-order valence-electron chi connectivity index (χ0n) is 18.6. The van der Waals surface area contributed by atoms with Gasteiger partial charge in [0.25, 0.3) is 11.8 Å². The molecular formula is C25H19Cl3N4O3S. The molecule has 3 aromatic carbocycles. The van der Waals surface area contributed by atoms with Gasteiger partial charge in [0.2, 0.25) is 5.91 Å². The third-order valence-corrected chi connectivity index (χ3v) is 6.60. The van der Waals surface area contributed by atoms with Crippen LogP contribution in [-0.4, -0.2) is 38.8 Å². The fourth-order valence-electron chi connectivity index (χ4n) is 3.63. The first-order chi connectivity index (χ1) is 17.2. The van der Waals surface area contributed by atoms with Crippen molar-refractivity contribution in [3.05, 3.63) is 99.0 Å². The molecule has 0 aromatic heterocycles. The molecule has 4 rings (SSSR count). The second-order valence-corrected chi connectivity index (χ2v) is 9.55. The van der Waals surface area contributed by atoms with Gasteiger partial charge in [0.15, 0.2) is 5.11 Å². The van der Waals surface area contributed by atoms with Crippen LogP contribution in [0.1, 0.15) is 22.3 Å². The van der Waals surface area contributed by atoms with Crippen LogP contribution in [0.5, 0.6) is 0 Å². The van der Waals surface area contributed by atoms with E-state index in [4.69, 9.17) is 47.0 Å². The lowest BCUT2D eigenvalue weighted by Gasteiger charge is -2.24. The summed E-state index contributed by atoms with van der Waals surface area (Å²) in [5, 5.41) is 5.05. The molecule has 7 nitrogen and oxygen atoms in total. The van der Waals surface area contributed by atoms with Crippen LogP contribution in [0, 0.1) is 0 Å². The van der Waals surface area contributed by atoms with E-state index >= 15 is 0 Å². The molecule has 184 valence electrons. The number of hydrogen-bond acceptors (Lipinski definition) is 4. The lowest BCUT2D eigenvalue weighted by Crippen LogP contribution is -2.49. The van der Waals surface area contributed by atoms with E-state index in [1.165, 1.54) is 28.1 Å². The Kier molecular flexibility index (Phi) is 8.11. The third-order valence-electron chi connectivity index (χ3n) is 5.39. The summed E-state index contributed by atoms with van der Waals surface area (Å²) in [6.07, 6.45) is -0.262. The number of nitrogens with one attached hydrogen (secondary N) is 2. The average Bonchev–Trinajstić information content (AvgIpc) is 3.05. The van der Waals surface area contributed by atoms with E-state index in [9.17, 15) is 14.4 Å². The monoisotopic (exact) mass is 560 g/mol. The molecule has 0 aliphatic carbocycles. The van der Waals surface area contributed by atoms with Crippen molar-refractivity contribution in [1.29, 1.82) is 0 Å². The highest BCUT2D eigenvalue weighted by Crippen LogP contribution is 2.25. The van der Waals surface area contributed by atoms with Gasteiger partial charge < -0.3 is 5.32 Å². The molecule has 0 spiro atoms. The summed E-state index contributed by atoms with van der Waals surface area (Å²) in [5.41, 5.74) is 4.14. The molecule has 3 amide bonds. The van der Waals surface area contributed by atoms with Gasteiger partial charge >= 0.3 is 0 Å². The van der Waals surface area contributed by atoms with E-state index in [0.29, 0.717) is 15.7 Å². The Labute approximate surface area is 227 Å². The van der Waals surface area contributed by atoms with Gasteiger partial charge in [-0.15, -0.1) is 0 Å². The number of halogens is 3. The highest BCUT2D eigenvalue weighted by atomic mass is 35.5. The Morgan fingerprint density at radius 3 is 2.25 bits per heavy atom. The molecule has 1 aliphatic rings. The number of anilines is 1. The van der Waals surface area contributed by atoms with E-state index in [-0.39, 0.29) is 28.7 Å². The Balaban J connectivity index is 1.57. The quantitative estimate of drug-likeness (QED) is 0.382. The van der Waals surface area contributed by atoms with Crippen LogP contribution in [0.15, 0.2) is 72.8 Å². The van der Waals surface area contributed by atoms with Crippen LogP contribution in [0.4, 0.5) is 5.69 Å². The number of benzene rings is 3. The highest BCUT2D eigenvalue weighted by Gasteiger charge is 2.44. The highest BCUT2D eigenvalue weighted by molar-refractivity contribution is 7.80. The molecule has 1 unspecified atom stereocenters. The molecule has 1 saturated heterocycles. The number of hydrogen-bond donors (Lipinski definition) is 2. The number of hydrazine groups is 1. The van der Waals surface area contributed by atoms with Crippen LogP contribution >= 0.6 is 47.0 Å². The second-order valence-electron chi connectivity index (χ2n) is 7.90. The van der Waals surface area contributed by atoms with Crippen LogP contribution in [0.3, 0.4) is 0 Å². The van der Waals surface area contributed by atoms with Gasteiger partial charge in [-0.2, -0.15) is 0 Å². The molecule has 3 aromatic rings. The largest absolute Gasteiger partial charge is 0.326 e. The molecule has 11 heteroatoms. The number of carbonyl (C=O) groups is 3. The topological polar surface area (TPSA) is 81.8 Å². The lowest BCUT2D eigenvalue weighted by molar-refractivity contribution is -0.131. The van der Waals surface area contributed by atoms with Gasteiger partial charge in [-0.25, -0.2) is 5.01 Å². The maximum Gasteiger partial charge on any atom is 0.271 e. The van der Waals surface area contributed by atoms with Crippen molar-refractivity contribution in [3.8, 4) is 0 Å². The number of thiocarbonyl (C=S) groups is 1. The summed E-state index contributed by atoms with van der Waals surface area (Å²) in [6.45, 7) is 0.182. The standard InChI is InChI=1S/C25H19Cl3N4O3S/c26-16-6-9-18(10-7-16)29-22(33)13-21-24(35)31(14-15-4-2-1-3-5-15)25(36)32(21)30-23(34)19-11-8-17(27)12-20(19)28/h1-12,21H,13-14H2,(H,29,33)(H,30,34). The molecule has 1 atom stereocenters. The number of carbonyl (C=O) groups excluding carboxylic acids is 3. The number of rotatable bonds is 7. The fraction of sp³-hybridized carbons (Fsp3) is 0.120. The summed E-state index contributed by atoms with van der Waals surface area (Å²) in [6, 6.07) is 19.2.